The molecule has 0 saturated heterocycles. The lowest BCUT2D eigenvalue weighted by Gasteiger charge is -2.05. The van der Waals surface area contributed by atoms with Crippen molar-refractivity contribution in [3.8, 4) is 22.4 Å². The Morgan fingerprint density at radius 1 is 0.731 bits per heavy atom. The molecule has 0 amide bonds. The van der Waals surface area contributed by atoms with Gasteiger partial charge < -0.3 is 5.32 Å². The van der Waals surface area contributed by atoms with Crippen LogP contribution in [0.2, 0.25) is 10.0 Å². The van der Waals surface area contributed by atoms with E-state index in [1.54, 1.807) is 17.4 Å². The monoisotopic (exact) mass is 396 g/mol. The molecule has 4 rings (SSSR count). The molecule has 0 bridgehead atoms. The fourth-order valence-corrected chi connectivity index (χ4v) is 3.66. The van der Waals surface area contributed by atoms with Crippen LogP contribution in [-0.4, -0.2) is 4.98 Å². The molecule has 0 aliphatic rings. The van der Waals surface area contributed by atoms with Gasteiger partial charge in [0.2, 0.25) is 0 Å². The Balaban J connectivity index is 1.51. The van der Waals surface area contributed by atoms with E-state index < -0.39 is 0 Å². The predicted molar refractivity (Wildman–Crippen MR) is 113 cm³/mol. The maximum Gasteiger partial charge on any atom is 0.187 e. The van der Waals surface area contributed by atoms with Gasteiger partial charge in [-0.2, -0.15) is 0 Å². The minimum Gasteiger partial charge on any atom is -0.332 e. The highest BCUT2D eigenvalue weighted by Gasteiger charge is 2.07. The number of hydrogen-bond acceptors (Lipinski definition) is 3. The third-order valence-electron chi connectivity index (χ3n) is 3.96. The van der Waals surface area contributed by atoms with Gasteiger partial charge in [0.05, 0.1) is 15.7 Å². The molecule has 0 saturated carbocycles. The first-order valence-electron chi connectivity index (χ1n) is 8.02. The van der Waals surface area contributed by atoms with Gasteiger partial charge in [-0.3, -0.25) is 0 Å². The largest absolute Gasteiger partial charge is 0.332 e. The molecule has 0 atom stereocenters. The molecule has 1 aromatic heterocycles. The number of anilines is 2. The molecule has 3 aromatic carbocycles. The lowest BCUT2D eigenvalue weighted by molar-refractivity contribution is 1.38. The Kier molecular flexibility index (Phi) is 4.93. The van der Waals surface area contributed by atoms with Crippen molar-refractivity contribution in [1.29, 1.82) is 0 Å². The number of rotatable bonds is 4. The van der Waals surface area contributed by atoms with Crippen molar-refractivity contribution in [2.24, 2.45) is 0 Å². The van der Waals surface area contributed by atoms with Gasteiger partial charge in [0.1, 0.15) is 0 Å². The molecule has 128 valence electrons. The van der Waals surface area contributed by atoms with Crippen LogP contribution in [0.4, 0.5) is 10.8 Å². The van der Waals surface area contributed by atoms with Gasteiger partial charge in [-0.1, -0.05) is 71.7 Å². The summed E-state index contributed by atoms with van der Waals surface area (Å²) in [5.41, 5.74) is 5.21. The first kappa shape index (κ1) is 17.1. The number of benzene rings is 3. The maximum absolute atomic E-state index is 6.09. The molecule has 5 heteroatoms. The average Bonchev–Trinajstić information content (AvgIpc) is 3.14. The molecule has 0 radical (unpaired) electrons. The lowest BCUT2D eigenvalue weighted by Crippen LogP contribution is -1.89. The number of nitrogens with zero attached hydrogens (tertiary/aromatic N) is 1. The Hall–Kier alpha value is -2.33. The SMILES string of the molecule is Clc1ccc(-c2csc(Nc3ccc(-c4ccccc4)cc3)n2)cc1Cl. The van der Waals surface area contributed by atoms with E-state index in [1.165, 1.54) is 11.1 Å². The molecule has 26 heavy (non-hydrogen) atoms. The summed E-state index contributed by atoms with van der Waals surface area (Å²) in [6.07, 6.45) is 0. The lowest BCUT2D eigenvalue weighted by atomic mass is 10.1. The summed E-state index contributed by atoms with van der Waals surface area (Å²) in [6.45, 7) is 0. The van der Waals surface area contributed by atoms with Gasteiger partial charge >= 0.3 is 0 Å². The van der Waals surface area contributed by atoms with Crippen LogP contribution >= 0.6 is 34.5 Å². The maximum atomic E-state index is 6.09. The smallest absolute Gasteiger partial charge is 0.187 e. The molecular weight excluding hydrogens is 383 g/mol. The minimum absolute atomic E-state index is 0.531. The molecule has 0 spiro atoms. The number of hydrogen-bond donors (Lipinski definition) is 1. The van der Waals surface area contributed by atoms with Crippen LogP contribution in [-0.2, 0) is 0 Å². The van der Waals surface area contributed by atoms with Crippen molar-refractivity contribution in [3.63, 3.8) is 0 Å². The van der Waals surface area contributed by atoms with Crippen LogP contribution in [0.3, 0.4) is 0 Å². The van der Waals surface area contributed by atoms with Crippen LogP contribution in [0.1, 0.15) is 0 Å². The zero-order valence-corrected chi connectivity index (χ0v) is 15.9. The normalized spacial score (nSPS) is 10.7. The van der Waals surface area contributed by atoms with Crippen molar-refractivity contribution in [2.75, 3.05) is 5.32 Å². The topological polar surface area (TPSA) is 24.9 Å². The first-order chi connectivity index (χ1) is 12.7. The van der Waals surface area contributed by atoms with E-state index in [4.69, 9.17) is 23.2 Å². The number of halogens is 2. The molecule has 0 aliphatic carbocycles. The van der Waals surface area contributed by atoms with Crippen LogP contribution in [0.5, 0.6) is 0 Å². The summed E-state index contributed by atoms with van der Waals surface area (Å²) < 4.78 is 0. The van der Waals surface area contributed by atoms with Crippen molar-refractivity contribution in [3.05, 3.63) is 88.2 Å². The second kappa shape index (κ2) is 7.50. The summed E-state index contributed by atoms with van der Waals surface area (Å²) >= 11 is 13.6. The predicted octanol–water partition coefficient (Wildman–Crippen LogP) is 7.53. The highest BCUT2D eigenvalue weighted by atomic mass is 35.5. The van der Waals surface area contributed by atoms with Gasteiger partial charge in [0.15, 0.2) is 5.13 Å². The molecule has 1 heterocycles. The quantitative estimate of drug-likeness (QED) is 0.385. The standard InChI is InChI=1S/C21H14Cl2N2S/c22-18-11-8-16(12-19(18)23)20-13-26-21(25-20)24-17-9-6-15(7-10-17)14-4-2-1-3-5-14/h1-13H,(H,24,25). The molecule has 0 unspecified atom stereocenters. The molecule has 0 aliphatic heterocycles. The van der Waals surface area contributed by atoms with Gasteiger partial charge in [-0.25, -0.2) is 4.98 Å². The van der Waals surface area contributed by atoms with Crippen molar-refractivity contribution < 1.29 is 0 Å². The second-order valence-electron chi connectivity index (χ2n) is 5.74. The van der Waals surface area contributed by atoms with Gasteiger partial charge in [-0.15, -0.1) is 11.3 Å². The Labute approximate surface area is 166 Å². The zero-order valence-electron chi connectivity index (χ0n) is 13.6. The van der Waals surface area contributed by atoms with E-state index in [0.29, 0.717) is 10.0 Å². The van der Waals surface area contributed by atoms with Crippen LogP contribution in [0.15, 0.2) is 78.2 Å². The van der Waals surface area contributed by atoms with Crippen molar-refractivity contribution in [2.45, 2.75) is 0 Å². The van der Waals surface area contributed by atoms with Gasteiger partial charge in [0.25, 0.3) is 0 Å². The summed E-state index contributed by atoms with van der Waals surface area (Å²) in [5.74, 6) is 0. The average molecular weight is 397 g/mol. The molecule has 0 fully saturated rings. The van der Waals surface area contributed by atoms with E-state index in [0.717, 1.165) is 22.1 Å². The molecule has 1 N–H and O–H groups in total. The minimum atomic E-state index is 0.531. The summed E-state index contributed by atoms with van der Waals surface area (Å²) in [7, 11) is 0. The van der Waals surface area contributed by atoms with Gasteiger partial charge in [0, 0.05) is 16.6 Å². The van der Waals surface area contributed by atoms with Crippen LogP contribution in [0.25, 0.3) is 22.4 Å². The molecular formula is C21H14Cl2N2S. The Morgan fingerprint density at radius 3 is 2.15 bits per heavy atom. The highest BCUT2D eigenvalue weighted by Crippen LogP contribution is 2.31. The van der Waals surface area contributed by atoms with E-state index in [-0.39, 0.29) is 0 Å². The third-order valence-corrected chi connectivity index (χ3v) is 5.46. The van der Waals surface area contributed by atoms with Gasteiger partial charge in [-0.05, 0) is 35.4 Å². The second-order valence-corrected chi connectivity index (χ2v) is 7.41. The molecule has 4 aromatic rings. The summed E-state index contributed by atoms with van der Waals surface area (Å²) in [6, 6.07) is 24.2. The van der Waals surface area contributed by atoms with Crippen molar-refractivity contribution in [1.82, 2.24) is 4.98 Å². The first-order valence-corrected chi connectivity index (χ1v) is 9.66. The van der Waals surface area contributed by atoms with Crippen LogP contribution < -0.4 is 5.32 Å². The third kappa shape index (κ3) is 3.75. The van der Waals surface area contributed by atoms with E-state index in [2.05, 4.69) is 46.7 Å². The number of aromatic nitrogens is 1. The van der Waals surface area contributed by atoms with E-state index in [1.807, 2.05) is 35.7 Å². The zero-order chi connectivity index (χ0) is 17.9. The highest BCUT2D eigenvalue weighted by molar-refractivity contribution is 7.14. The number of thiazole rings is 1. The fraction of sp³-hybridized carbons (Fsp3) is 0. The van der Waals surface area contributed by atoms with Crippen molar-refractivity contribution >= 4 is 45.4 Å². The van der Waals surface area contributed by atoms with Crippen LogP contribution in [0, 0.1) is 0 Å². The summed E-state index contributed by atoms with van der Waals surface area (Å²) in [5, 5.41) is 7.25. The molecule has 2 nitrogen and oxygen atoms in total. The Morgan fingerprint density at radius 2 is 1.42 bits per heavy atom. The van der Waals surface area contributed by atoms with E-state index in [9.17, 15) is 0 Å². The Bertz CT molecular complexity index is 1030. The van der Waals surface area contributed by atoms with E-state index >= 15 is 0 Å². The number of nitrogens with one attached hydrogen (secondary N) is 1. The fourth-order valence-electron chi connectivity index (χ4n) is 2.62. The summed E-state index contributed by atoms with van der Waals surface area (Å²) in [4.78, 5) is 4.63.